The van der Waals surface area contributed by atoms with E-state index in [1.807, 2.05) is 0 Å². The highest BCUT2D eigenvalue weighted by molar-refractivity contribution is 4.64. The number of nitrogens with one attached hydrogen (secondary N) is 1. The minimum Gasteiger partial charge on any atom is -0.383 e. The van der Waals surface area contributed by atoms with Crippen molar-refractivity contribution in [2.75, 3.05) is 40.0 Å². The Hall–Kier alpha value is -0.120. The van der Waals surface area contributed by atoms with E-state index in [0.717, 1.165) is 38.8 Å². The van der Waals surface area contributed by atoms with Gasteiger partial charge in [-0.3, -0.25) is 0 Å². The maximum atomic E-state index is 5.41. The number of ether oxygens (including phenoxy) is 2. The molecule has 1 saturated heterocycles. The second-order valence-corrected chi connectivity index (χ2v) is 3.61. The van der Waals surface area contributed by atoms with Crippen LogP contribution in [0.1, 0.15) is 19.3 Å². The Balaban J connectivity index is 1.86. The molecule has 1 atom stereocenters. The summed E-state index contributed by atoms with van der Waals surface area (Å²) in [6.45, 7) is 4.79. The van der Waals surface area contributed by atoms with Gasteiger partial charge in [0, 0.05) is 26.9 Å². The van der Waals surface area contributed by atoms with Crippen LogP contribution in [0.25, 0.3) is 0 Å². The molecule has 13 heavy (non-hydrogen) atoms. The molecular formula is C10H21NO2. The summed E-state index contributed by atoms with van der Waals surface area (Å²) in [5, 5.41) is 3.35. The van der Waals surface area contributed by atoms with E-state index < -0.39 is 0 Å². The van der Waals surface area contributed by atoms with Gasteiger partial charge in [-0.1, -0.05) is 0 Å². The van der Waals surface area contributed by atoms with Crippen LogP contribution in [0, 0.1) is 5.92 Å². The number of hydrogen-bond acceptors (Lipinski definition) is 3. The van der Waals surface area contributed by atoms with Crippen molar-refractivity contribution in [2.45, 2.75) is 19.3 Å². The van der Waals surface area contributed by atoms with Gasteiger partial charge in [0.1, 0.15) is 0 Å². The Morgan fingerprint density at radius 1 is 1.46 bits per heavy atom. The van der Waals surface area contributed by atoms with E-state index in [2.05, 4.69) is 5.32 Å². The second-order valence-electron chi connectivity index (χ2n) is 3.61. The van der Waals surface area contributed by atoms with Crippen molar-refractivity contribution in [1.82, 2.24) is 5.32 Å². The fourth-order valence-electron chi connectivity index (χ4n) is 1.64. The van der Waals surface area contributed by atoms with E-state index in [1.165, 1.54) is 19.3 Å². The molecule has 1 aliphatic rings. The van der Waals surface area contributed by atoms with Gasteiger partial charge in [0.15, 0.2) is 0 Å². The van der Waals surface area contributed by atoms with E-state index in [9.17, 15) is 0 Å². The monoisotopic (exact) mass is 187 g/mol. The third-order valence-electron chi connectivity index (χ3n) is 2.47. The molecule has 1 heterocycles. The molecule has 3 nitrogen and oxygen atoms in total. The van der Waals surface area contributed by atoms with E-state index in [1.54, 1.807) is 7.11 Å². The Morgan fingerprint density at radius 2 is 2.38 bits per heavy atom. The lowest BCUT2D eigenvalue weighted by Gasteiger charge is -2.21. The first-order valence-electron chi connectivity index (χ1n) is 5.21. The van der Waals surface area contributed by atoms with Crippen molar-refractivity contribution in [3.8, 4) is 0 Å². The van der Waals surface area contributed by atoms with Crippen LogP contribution in [0.4, 0.5) is 0 Å². The summed E-state index contributed by atoms with van der Waals surface area (Å²) in [5.41, 5.74) is 0. The Labute approximate surface area is 80.8 Å². The van der Waals surface area contributed by atoms with Gasteiger partial charge in [-0.05, 0) is 31.7 Å². The summed E-state index contributed by atoms with van der Waals surface area (Å²) < 4.78 is 10.4. The molecule has 0 aromatic rings. The van der Waals surface area contributed by atoms with Gasteiger partial charge in [-0.2, -0.15) is 0 Å². The predicted molar refractivity (Wildman–Crippen MR) is 52.9 cm³/mol. The van der Waals surface area contributed by atoms with Gasteiger partial charge in [0.05, 0.1) is 6.61 Å². The summed E-state index contributed by atoms with van der Waals surface area (Å²) in [6, 6.07) is 0. The van der Waals surface area contributed by atoms with Crippen LogP contribution in [-0.4, -0.2) is 40.0 Å². The van der Waals surface area contributed by atoms with Gasteiger partial charge in [-0.25, -0.2) is 0 Å². The number of rotatable bonds is 6. The van der Waals surface area contributed by atoms with Gasteiger partial charge in [0.2, 0.25) is 0 Å². The maximum absolute atomic E-state index is 5.41. The van der Waals surface area contributed by atoms with E-state index in [-0.39, 0.29) is 0 Å². The molecule has 0 amide bonds. The topological polar surface area (TPSA) is 30.5 Å². The number of hydrogen-bond donors (Lipinski definition) is 1. The lowest BCUT2D eigenvalue weighted by atomic mass is 9.99. The standard InChI is InChI=1S/C10H21NO2/c1-12-8-6-11-5-4-10-3-2-7-13-9-10/h10-11H,2-9H2,1H3. The average Bonchev–Trinajstić information content (AvgIpc) is 2.19. The molecule has 3 heteroatoms. The molecule has 1 aliphatic heterocycles. The lowest BCUT2D eigenvalue weighted by molar-refractivity contribution is 0.0516. The van der Waals surface area contributed by atoms with Crippen LogP contribution in [0.3, 0.4) is 0 Å². The van der Waals surface area contributed by atoms with Crippen LogP contribution < -0.4 is 5.32 Å². The highest BCUT2D eigenvalue weighted by atomic mass is 16.5. The molecule has 0 aliphatic carbocycles. The number of methoxy groups -OCH3 is 1. The molecule has 1 rings (SSSR count). The Morgan fingerprint density at radius 3 is 3.08 bits per heavy atom. The third-order valence-corrected chi connectivity index (χ3v) is 2.47. The molecule has 1 fully saturated rings. The van der Waals surface area contributed by atoms with E-state index in [4.69, 9.17) is 9.47 Å². The minimum absolute atomic E-state index is 0.781. The molecule has 1 unspecified atom stereocenters. The summed E-state index contributed by atoms with van der Waals surface area (Å²) in [7, 11) is 1.73. The molecule has 0 spiro atoms. The van der Waals surface area contributed by atoms with Crippen molar-refractivity contribution in [3.05, 3.63) is 0 Å². The first-order valence-corrected chi connectivity index (χ1v) is 5.21. The van der Waals surface area contributed by atoms with Crippen LogP contribution in [0.15, 0.2) is 0 Å². The van der Waals surface area contributed by atoms with Gasteiger partial charge >= 0.3 is 0 Å². The zero-order chi connectivity index (χ0) is 9.36. The maximum Gasteiger partial charge on any atom is 0.0587 e. The van der Waals surface area contributed by atoms with Crippen molar-refractivity contribution in [2.24, 2.45) is 5.92 Å². The van der Waals surface area contributed by atoms with Crippen molar-refractivity contribution < 1.29 is 9.47 Å². The van der Waals surface area contributed by atoms with Crippen LogP contribution in [-0.2, 0) is 9.47 Å². The first kappa shape index (κ1) is 11.0. The van der Waals surface area contributed by atoms with Crippen molar-refractivity contribution in [3.63, 3.8) is 0 Å². The molecule has 0 aromatic heterocycles. The highest BCUT2D eigenvalue weighted by Gasteiger charge is 2.12. The van der Waals surface area contributed by atoms with Crippen LogP contribution in [0.2, 0.25) is 0 Å². The fourth-order valence-corrected chi connectivity index (χ4v) is 1.64. The summed E-state index contributed by atoms with van der Waals surface area (Å²) in [5.74, 6) is 0.781. The SMILES string of the molecule is COCCNCCC1CCCOC1. The largest absolute Gasteiger partial charge is 0.383 e. The molecule has 1 N–H and O–H groups in total. The van der Waals surface area contributed by atoms with Crippen LogP contribution >= 0.6 is 0 Å². The lowest BCUT2D eigenvalue weighted by Crippen LogP contribution is -2.25. The van der Waals surface area contributed by atoms with E-state index in [0.29, 0.717) is 0 Å². The second kappa shape index (κ2) is 7.30. The zero-order valence-corrected chi connectivity index (χ0v) is 8.55. The Kier molecular flexibility index (Phi) is 6.15. The summed E-state index contributed by atoms with van der Waals surface area (Å²) >= 11 is 0. The normalized spacial score (nSPS) is 23.3. The molecular weight excluding hydrogens is 166 g/mol. The summed E-state index contributed by atoms with van der Waals surface area (Å²) in [4.78, 5) is 0. The van der Waals surface area contributed by atoms with E-state index >= 15 is 0 Å². The van der Waals surface area contributed by atoms with Gasteiger partial charge in [-0.15, -0.1) is 0 Å². The highest BCUT2D eigenvalue weighted by Crippen LogP contribution is 2.15. The average molecular weight is 187 g/mol. The van der Waals surface area contributed by atoms with Gasteiger partial charge < -0.3 is 14.8 Å². The fraction of sp³-hybridized carbons (Fsp3) is 1.00. The molecule has 0 bridgehead atoms. The minimum atomic E-state index is 0.781. The van der Waals surface area contributed by atoms with Crippen molar-refractivity contribution in [1.29, 1.82) is 0 Å². The van der Waals surface area contributed by atoms with Crippen molar-refractivity contribution >= 4 is 0 Å². The summed E-state index contributed by atoms with van der Waals surface area (Å²) in [6.07, 6.45) is 3.82. The Bertz CT molecular complexity index is 113. The smallest absolute Gasteiger partial charge is 0.0587 e. The van der Waals surface area contributed by atoms with Gasteiger partial charge in [0.25, 0.3) is 0 Å². The zero-order valence-electron chi connectivity index (χ0n) is 8.55. The predicted octanol–water partition coefficient (Wildman–Crippen LogP) is 1.04. The molecule has 78 valence electrons. The van der Waals surface area contributed by atoms with Crippen LogP contribution in [0.5, 0.6) is 0 Å². The molecule has 0 aromatic carbocycles. The molecule has 0 radical (unpaired) electrons. The quantitative estimate of drug-likeness (QED) is 0.630. The first-order chi connectivity index (χ1) is 6.43. The molecule has 0 saturated carbocycles. The third kappa shape index (κ3) is 5.24.